The van der Waals surface area contributed by atoms with Crippen LogP contribution in [0.1, 0.15) is 24.8 Å². The summed E-state index contributed by atoms with van der Waals surface area (Å²) in [5, 5.41) is 2.91. The Kier molecular flexibility index (Phi) is 4.58. The predicted octanol–water partition coefficient (Wildman–Crippen LogP) is 4.62. The van der Waals surface area contributed by atoms with Crippen LogP contribution in [-0.4, -0.2) is 16.2 Å². The van der Waals surface area contributed by atoms with Crippen molar-refractivity contribution in [2.24, 2.45) is 0 Å². The van der Waals surface area contributed by atoms with Crippen LogP contribution in [0.2, 0.25) is 0 Å². The molecule has 4 nitrogen and oxygen atoms in total. The molecule has 6 heteroatoms. The molecular weight excluding hydrogens is 299 g/mol. The van der Waals surface area contributed by atoms with Gasteiger partial charge in [0.05, 0.1) is 5.69 Å². The van der Waals surface area contributed by atoms with Crippen LogP contribution in [0.25, 0.3) is 5.57 Å². The fourth-order valence-corrected chi connectivity index (χ4v) is 2.77. The summed E-state index contributed by atoms with van der Waals surface area (Å²) < 4.78 is 17.0. The number of hydrogen-bond acceptors (Lipinski definition) is 5. The van der Waals surface area contributed by atoms with Crippen molar-refractivity contribution in [2.45, 2.75) is 19.3 Å². The van der Waals surface area contributed by atoms with Crippen molar-refractivity contribution < 1.29 is 4.39 Å². The van der Waals surface area contributed by atoms with Crippen LogP contribution < -0.4 is 10.0 Å². The van der Waals surface area contributed by atoms with E-state index in [-0.39, 0.29) is 5.82 Å². The SMILES string of the molecule is CSNc1ccc(Nc2ncc(C3=CCCC3)cn2)c(F)c1. The average molecular weight is 316 g/mol. The third-order valence-corrected chi connectivity index (χ3v) is 3.94. The second kappa shape index (κ2) is 6.79. The molecule has 1 aromatic heterocycles. The lowest BCUT2D eigenvalue weighted by Crippen LogP contribution is -2.00. The summed E-state index contributed by atoms with van der Waals surface area (Å²) in [6.07, 6.45) is 11.1. The summed E-state index contributed by atoms with van der Waals surface area (Å²) in [7, 11) is 0. The topological polar surface area (TPSA) is 49.8 Å². The first kappa shape index (κ1) is 14.8. The standard InChI is InChI=1S/C16H17FN4S/c1-22-21-13-6-7-15(14(17)8-13)20-16-18-9-12(10-19-16)11-4-2-3-5-11/h4,6-10,21H,2-3,5H2,1H3,(H,18,19,20). The van der Waals surface area contributed by atoms with Crippen LogP contribution in [0.5, 0.6) is 0 Å². The van der Waals surface area contributed by atoms with Crippen LogP contribution in [0.3, 0.4) is 0 Å². The van der Waals surface area contributed by atoms with Gasteiger partial charge in [-0.2, -0.15) is 0 Å². The molecule has 0 saturated heterocycles. The fourth-order valence-electron chi connectivity index (χ4n) is 2.41. The van der Waals surface area contributed by atoms with Gasteiger partial charge in [-0.15, -0.1) is 0 Å². The molecule has 0 radical (unpaired) electrons. The molecule has 0 atom stereocenters. The van der Waals surface area contributed by atoms with E-state index in [0.29, 0.717) is 11.6 Å². The lowest BCUT2D eigenvalue weighted by atomic mass is 10.1. The predicted molar refractivity (Wildman–Crippen MR) is 90.7 cm³/mol. The smallest absolute Gasteiger partial charge is 0.227 e. The van der Waals surface area contributed by atoms with Gasteiger partial charge >= 0.3 is 0 Å². The molecule has 0 saturated carbocycles. The van der Waals surface area contributed by atoms with Crippen LogP contribution in [0.15, 0.2) is 36.7 Å². The van der Waals surface area contributed by atoms with E-state index in [1.807, 2.05) is 6.26 Å². The van der Waals surface area contributed by atoms with E-state index in [4.69, 9.17) is 0 Å². The monoisotopic (exact) mass is 316 g/mol. The van der Waals surface area contributed by atoms with Gasteiger partial charge in [0.15, 0.2) is 0 Å². The van der Waals surface area contributed by atoms with Crippen molar-refractivity contribution in [3.8, 4) is 0 Å². The quantitative estimate of drug-likeness (QED) is 0.789. The van der Waals surface area contributed by atoms with Crippen molar-refractivity contribution in [1.82, 2.24) is 9.97 Å². The lowest BCUT2D eigenvalue weighted by molar-refractivity contribution is 0.632. The normalized spacial score (nSPS) is 13.8. The second-order valence-electron chi connectivity index (χ2n) is 5.04. The Bertz CT molecular complexity index is 685. The minimum Gasteiger partial charge on any atom is -0.330 e. The Balaban J connectivity index is 1.73. The van der Waals surface area contributed by atoms with Gasteiger partial charge in [0.2, 0.25) is 5.95 Å². The first-order valence-electron chi connectivity index (χ1n) is 7.13. The van der Waals surface area contributed by atoms with Crippen LogP contribution in [0.4, 0.5) is 21.7 Å². The molecule has 114 valence electrons. The highest BCUT2D eigenvalue weighted by molar-refractivity contribution is 7.99. The van der Waals surface area contributed by atoms with Crippen LogP contribution >= 0.6 is 11.9 Å². The van der Waals surface area contributed by atoms with E-state index in [0.717, 1.165) is 24.1 Å². The third kappa shape index (κ3) is 3.39. The van der Waals surface area contributed by atoms with E-state index < -0.39 is 0 Å². The Hall–Kier alpha value is -2.08. The van der Waals surface area contributed by atoms with Gasteiger partial charge in [-0.25, -0.2) is 14.4 Å². The van der Waals surface area contributed by atoms with Gasteiger partial charge in [0.1, 0.15) is 5.82 Å². The number of nitrogens with one attached hydrogen (secondary N) is 2. The summed E-state index contributed by atoms with van der Waals surface area (Å²) in [4.78, 5) is 8.54. The number of anilines is 3. The van der Waals surface area contributed by atoms with Gasteiger partial charge in [-0.1, -0.05) is 18.0 Å². The Labute approximate surface area is 133 Å². The van der Waals surface area contributed by atoms with E-state index >= 15 is 0 Å². The zero-order valence-electron chi connectivity index (χ0n) is 12.3. The Morgan fingerprint density at radius 3 is 2.68 bits per heavy atom. The summed E-state index contributed by atoms with van der Waals surface area (Å²) in [5.41, 5.74) is 3.42. The van der Waals surface area contributed by atoms with Crippen molar-refractivity contribution in [2.75, 3.05) is 16.3 Å². The molecule has 1 aliphatic carbocycles. The first-order chi connectivity index (χ1) is 10.8. The average Bonchev–Trinajstić information content (AvgIpc) is 3.05. The largest absolute Gasteiger partial charge is 0.330 e. The summed E-state index contributed by atoms with van der Waals surface area (Å²) in [6.45, 7) is 0. The number of benzene rings is 1. The zero-order valence-corrected chi connectivity index (χ0v) is 13.1. The maximum absolute atomic E-state index is 14.0. The molecule has 0 fully saturated rings. The molecular formula is C16H17FN4S. The fraction of sp³-hybridized carbons (Fsp3) is 0.250. The lowest BCUT2D eigenvalue weighted by Gasteiger charge is -2.09. The van der Waals surface area contributed by atoms with Gasteiger partial charge < -0.3 is 10.0 Å². The zero-order chi connectivity index (χ0) is 15.4. The Morgan fingerprint density at radius 1 is 1.23 bits per heavy atom. The first-order valence-corrected chi connectivity index (χ1v) is 8.36. The molecule has 1 aromatic carbocycles. The number of halogens is 1. The molecule has 0 aliphatic heterocycles. The second-order valence-corrected chi connectivity index (χ2v) is 5.66. The molecule has 0 bridgehead atoms. The van der Waals surface area contributed by atoms with Crippen molar-refractivity contribution >= 4 is 34.8 Å². The van der Waals surface area contributed by atoms with Crippen molar-refractivity contribution in [3.05, 3.63) is 48.0 Å². The number of nitrogens with zero attached hydrogens (tertiary/aromatic N) is 2. The molecule has 1 aliphatic rings. The maximum Gasteiger partial charge on any atom is 0.227 e. The molecule has 22 heavy (non-hydrogen) atoms. The molecule has 1 heterocycles. The highest BCUT2D eigenvalue weighted by Gasteiger charge is 2.09. The molecule has 0 amide bonds. The summed E-state index contributed by atoms with van der Waals surface area (Å²) in [6, 6.07) is 4.92. The maximum atomic E-state index is 14.0. The van der Waals surface area contributed by atoms with Crippen LogP contribution in [-0.2, 0) is 0 Å². The van der Waals surface area contributed by atoms with Crippen LogP contribution in [0, 0.1) is 5.82 Å². The van der Waals surface area contributed by atoms with E-state index in [2.05, 4.69) is 26.1 Å². The molecule has 2 aromatic rings. The van der Waals surface area contributed by atoms with Gasteiger partial charge in [0, 0.05) is 29.9 Å². The van der Waals surface area contributed by atoms with Crippen molar-refractivity contribution in [3.63, 3.8) is 0 Å². The Morgan fingerprint density at radius 2 is 2.05 bits per heavy atom. The molecule has 2 N–H and O–H groups in total. The molecule has 0 spiro atoms. The molecule has 0 unspecified atom stereocenters. The molecule has 3 rings (SSSR count). The number of rotatable bonds is 5. The van der Waals surface area contributed by atoms with E-state index in [1.54, 1.807) is 24.5 Å². The van der Waals surface area contributed by atoms with Gasteiger partial charge in [-0.3, -0.25) is 0 Å². The number of hydrogen-bond donors (Lipinski definition) is 2. The third-order valence-electron chi connectivity index (χ3n) is 3.50. The number of allylic oxidation sites excluding steroid dienone is 2. The highest BCUT2D eigenvalue weighted by Crippen LogP contribution is 2.27. The minimum absolute atomic E-state index is 0.342. The van der Waals surface area contributed by atoms with E-state index in [1.165, 1.54) is 30.0 Å². The van der Waals surface area contributed by atoms with Gasteiger partial charge in [-0.05, 0) is 43.0 Å². The van der Waals surface area contributed by atoms with Gasteiger partial charge in [0.25, 0.3) is 0 Å². The summed E-state index contributed by atoms with van der Waals surface area (Å²) in [5.74, 6) is 0.0528. The van der Waals surface area contributed by atoms with Crippen molar-refractivity contribution in [1.29, 1.82) is 0 Å². The number of aromatic nitrogens is 2. The highest BCUT2D eigenvalue weighted by atomic mass is 32.2. The van der Waals surface area contributed by atoms with E-state index in [9.17, 15) is 4.39 Å². The summed E-state index contributed by atoms with van der Waals surface area (Å²) >= 11 is 1.42. The minimum atomic E-state index is -0.342.